The van der Waals surface area contributed by atoms with Crippen molar-refractivity contribution in [3.8, 4) is 0 Å². The van der Waals surface area contributed by atoms with Gasteiger partial charge in [0, 0.05) is 0 Å². The molecule has 0 unspecified atom stereocenters. The topological polar surface area (TPSA) is 72.5 Å². The summed E-state index contributed by atoms with van der Waals surface area (Å²) < 4.78 is 26.6. The molecule has 5 nitrogen and oxygen atoms in total. The Bertz CT molecular complexity index is 296. The van der Waals surface area contributed by atoms with E-state index in [0.717, 1.165) is 0 Å². The van der Waals surface area contributed by atoms with Crippen LogP contribution in [0.25, 0.3) is 0 Å². The highest BCUT2D eigenvalue weighted by Crippen LogP contribution is 2.24. The van der Waals surface area contributed by atoms with Gasteiger partial charge in [-0.2, -0.15) is 0 Å². The summed E-state index contributed by atoms with van der Waals surface area (Å²) in [6, 6.07) is 0. The highest BCUT2D eigenvalue weighted by atomic mass is 32.2. The molecule has 1 saturated heterocycles. The molecular formula is C7H13NO4S. The van der Waals surface area contributed by atoms with E-state index in [2.05, 4.69) is 5.32 Å². The molecule has 0 amide bonds. The molecule has 0 aromatic heterocycles. The Hall–Kier alpha value is -0.620. The van der Waals surface area contributed by atoms with E-state index in [-0.39, 0.29) is 18.1 Å². The van der Waals surface area contributed by atoms with Gasteiger partial charge in [0.1, 0.15) is 5.54 Å². The second kappa shape index (κ2) is 3.26. The minimum Gasteiger partial charge on any atom is -0.465 e. The molecule has 0 aromatic rings. The number of rotatable bonds is 3. The van der Waals surface area contributed by atoms with Gasteiger partial charge >= 0.3 is 5.97 Å². The zero-order chi connectivity index (χ0) is 10.1. The largest absolute Gasteiger partial charge is 0.465 e. The van der Waals surface area contributed by atoms with Crippen molar-refractivity contribution < 1.29 is 17.9 Å². The van der Waals surface area contributed by atoms with E-state index in [1.165, 1.54) is 0 Å². The minimum absolute atomic E-state index is 0.157. The van der Waals surface area contributed by atoms with Crippen molar-refractivity contribution in [3.63, 3.8) is 0 Å². The first-order valence-electron chi connectivity index (χ1n) is 4.02. The van der Waals surface area contributed by atoms with Crippen LogP contribution >= 0.6 is 0 Å². The lowest BCUT2D eigenvalue weighted by Crippen LogP contribution is -2.68. The van der Waals surface area contributed by atoms with Crippen LogP contribution in [-0.2, 0) is 19.4 Å². The molecule has 1 aliphatic rings. The maximum Gasteiger partial charge on any atom is 0.328 e. The Morgan fingerprint density at radius 2 is 2.08 bits per heavy atom. The summed E-state index contributed by atoms with van der Waals surface area (Å²) in [6.07, 6.45) is 0. The van der Waals surface area contributed by atoms with Gasteiger partial charge in [0.2, 0.25) is 0 Å². The standard InChI is InChI=1S/C7H13NO4S/c1-3-12-6(9)7(8-2)4-13(10,11)5-7/h8H,3-5H2,1-2H3. The number of nitrogens with one attached hydrogen (secondary N) is 1. The number of sulfone groups is 1. The zero-order valence-electron chi connectivity index (χ0n) is 7.66. The maximum absolute atomic E-state index is 11.3. The SMILES string of the molecule is CCOC(=O)C1(NC)CS(=O)(=O)C1. The smallest absolute Gasteiger partial charge is 0.328 e. The molecule has 76 valence electrons. The lowest BCUT2D eigenvalue weighted by molar-refractivity contribution is -0.149. The minimum atomic E-state index is -3.03. The first-order valence-corrected chi connectivity index (χ1v) is 5.84. The van der Waals surface area contributed by atoms with Crippen LogP contribution in [0.15, 0.2) is 0 Å². The van der Waals surface area contributed by atoms with Gasteiger partial charge in [0.05, 0.1) is 18.1 Å². The third-order valence-electron chi connectivity index (χ3n) is 2.08. The van der Waals surface area contributed by atoms with E-state index < -0.39 is 21.3 Å². The van der Waals surface area contributed by atoms with E-state index in [1.807, 2.05) is 0 Å². The predicted octanol–water partition coefficient (Wildman–Crippen LogP) is -1.06. The van der Waals surface area contributed by atoms with Crippen molar-refractivity contribution in [3.05, 3.63) is 0 Å². The van der Waals surface area contributed by atoms with Crippen molar-refractivity contribution in [2.24, 2.45) is 0 Å². The van der Waals surface area contributed by atoms with Crippen molar-refractivity contribution in [1.29, 1.82) is 0 Å². The number of likely N-dealkylation sites (N-methyl/N-ethyl adjacent to an activating group) is 1. The molecule has 0 aromatic carbocycles. The molecule has 1 aliphatic heterocycles. The molecular weight excluding hydrogens is 194 g/mol. The molecule has 0 spiro atoms. The Balaban J connectivity index is 2.70. The average molecular weight is 207 g/mol. The normalized spacial score (nSPS) is 23.2. The summed E-state index contributed by atoms with van der Waals surface area (Å²) in [4.78, 5) is 11.3. The van der Waals surface area contributed by atoms with E-state index >= 15 is 0 Å². The molecule has 6 heteroatoms. The number of esters is 1. The quantitative estimate of drug-likeness (QED) is 0.597. The first kappa shape index (κ1) is 10.5. The van der Waals surface area contributed by atoms with Crippen LogP contribution in [0.5, 0.6) is 0 Å². The van der Waals surface area contributed by atoms with Crippen molar-refractivity contribution in [2.45, 2.75) is 12.5 Å². The molecule has 0 saturated carbocycles. The average Bonchev–Trinajstić information content (AvgIpc) is 1.99. The van der Waals surface area contributed by atoms with Gasteiger partial charge in [-0.3, -0.25) is 0 Å². The van der Waals surface area contributed by atoms with E-state index in [4.69, 9.17) is 4.74 Å². The Morgan fingerprint density at radius 3 is 2.38 bits per heavy atom. The fraction of sp³-hybridized carbons (Fsp3) is 0.857. The van der Waals surface area contributed by atoms with Gasteiger partial charge < -0.3 is 10.1 Å². The lowest BCUT2D eigenvalue weighted by atomic mass is 10.1. The molecule has 1 N–H and O–H groups in total. The molecule has 0 atom stereocenters. The summed E-state index contributed by atoms with van der Waals surface area (Å²) in [7, 11) is -1.47. The van der Waals surface area contributed by atoms with Gasteiger partial charge in [-0.25, -0.2) is 13.2 Å². The Labute approximate surface area is 77.4 Å². The summed E-state index contributed by atoms with van der Waals surface area (Å²) in [6.45, 7) is 1.96. The Morgan fingerprint density at radius 1 is 1.54 bits per heavy atom. The lowest BCUT2D eigenvalue weighted by Gasteiger charge is -2.37. The first-order chi connectivity index (χ1) is 5.96. The molecule has 0 aliphatic carbocycles. The number of carbonyl (C=O) groups excluding carboxylic acids is 1. The predicted molar refractivity (Wildman–Crippen MR) is 47.1 cm³/mol. The summed E-state index contributed by atoms with van der Waals surface area (Å²) in [5.41, 5.74) is -0.991. The Kier molecular flexibility index (Phi) is 2.63. The van der Waals surface area contributed by atoms with Crippen LogP contribution in [0.1, 0.15) is 6.92 Å². The molecule has 1 fully saturated rings. The summed E-state index contributed by atoms with van der Waals surface area (Å²) in [5.74, 6) is -0.794. The monoisotopic (exact) mass is 207 g/mol. The van der Waals surface area contributed by atoms with Gasteiger partial charge in [0.25, 0.3) is 0 Å². The van der Waals surface area contributed by atoms with E-state index in [0.29, 0.717) is 0 Å². The zero-order valence-corrected chi connectivity index (χ0v) is 8.48. The molecule has 1 heterocycles. The third kappa shape index (κ3) is 1.83. The van der Waals surface area contributed by atoms with Gasteiger partial charge in [-0.05, 0) is 14.0 Å². The molecule has 0 radical (unpaired) electrons. The van der Waals surface area contributed by atoms with Gasteiger partial charge in [-0.1, -0.05) is 0 Å². The van der Waals surface area contributed by atoms with Crippen molar-refractivity contribution >= 4 is 15.8 Å². The van der Waals surface area contributed by atoms with Crippen LogP contribution < -0.4 is 5.32 Å². The molecule has 13 heavy (non-hydrogen) atoms. The fourth-order valence-corrected chi connectivity index (χ4v) is 3.28. The second-order valence-corrected chi connectivity index (χ2v) is 5.15. The second-order valence-electron chi connectivity index (χ2n) is 3.08. The number of carbonyl (C=O) groups is 1. The number of hydrogen-bond acceptors (Lipinski definition) is 5. The van der Waals surface area contributed by atoms with E-state index in [9.17, 15) is 13.2 Å². The fourth-order valence-electron chi connectivity index (χ4n) is 1.34. The van der Waals surface area contributed by atoms with Crippen molar-refractivity contribution in [2.75, 3.05) is 25.2 Å². The van der Waals surface area contributed by atoms with Crippen LogP contribution in [0.4, 0.5) is 0 Å². The highest BCUT2D eigenvalue weighted by molar-refractivity contribution is 7.93. The van der Waals surface area contributed by atoms with Crippen molar-refractivity contribution in [1.82, 2.24) is 5.32 Å². The maximum atomic E-state index is 11.3. The molecule has 1 rings (SSSR count). The van der Waals surface area contributed by atoms with Gasteiger partial charge in [0.15, 0.2) is 9.84 Å². The van der Waals surface area contributed by atoms with Gasteiger partial charge in [-0.15, -0.1) is 0 Å². The van der Waals surface area contributed by atoms with Crippen LogP contribution in [0, 0.1) is 0 Å². The third-order valence-corrected chi connectivity index (χ3v) is 3.94. The number of hydrogen-bond donors (Lipinski definition) is 1. The number of ether oxygens (including phenoxy) is 1. The van der Waals surface area contributed by atoms with E-state index in [1.54, 1.807) is 14.0 Å². The van der Waals surface area contributed by atoms with Crippen LogP contribution in [0.3, 0.4) is 0 Å². The molecule has 0 bridgehead atoms. The summed E-state index contributed by atoms with van der Waals surface area (Å²) in [5, 5.41) is 2.70. The summed E-state index contributed by atoms with van der Waals surface area (Å²) >= 11 is 0. The highest BCUT2D eigenvalue weighted by Gasteiger charge is 2.54. The van der Waals surface area contributed by atoms with Crippen LogP contribution in [-0.4, -0.2) is 45.1 Å². The van der Waals surface area contributed by atoms with Crippen LogP contribution in [0.2, 0.25) is 0 Å².